The van der Waals surface area contributed by atoms with Gasteiger partial charge >= 0.3 is 0 Å². The molecule has 3 rings (SSSR count). The van der Waals surface area contributed by atoms with Gasteiger partial charge in [0.15, 0.2) is 15.6 Å². The van der Waals surface area contributed by atoms with E-state index in [1.807, 2.05) is 0 Å². The van der Waals surface area contributed by atoms with Crippen LogP contribution in [0.5, 0.6) is 0 Å². The fourth-order valence-corrected chi connectivity index (χ4v) is 4.55. The third-order valence-corrected chi connectivity index (χ3v) is 5.85. The molecule has 1 aliphatic heterocycles. The lowest BCUT2D eigenvalue weighted by molar-refractivity contribution is -0.122. The minimum atomic E-state index is -3.02. The Balaban J connectivity index is 1.52. The first-order valence-corrected chi connectivity index (χ1v) is 10.0. The van der Waals surface area contributed by atoms with Gasteiger partial charge in [-0.25, -0.2) is 17.8 Å². The average molecular weight is 381 g/mol. The van der Waals surface area contributed by atoms with E-state index < -0.39 is 9.84 Å². The summed E-state index contributed by atoms with van der Waals surface area (Å²) < 4.78 is 41.7. The van der Waals surface area contributed by atoms with Gasteiger partial charge in [0.2, 0.25) is 11.8 Å². The Morgan fingerprint density at radius 3 is 2.96 bits per heavy atom. The van der Waals surface area contributed by atoms with Crippen molar-refractivity contribution >= 4 is 15.7 Å². The second kappa shape index (κ2) is 7.55. The van der Waals surface area contributed by atoms with Crippen molar-refractivity contribution < 1.29 is 22.0 Å². The molecule has 1 aromatic heterocycles. The smallest absolute Gasteiger partial charge is 0.234 e. The van der Waals surface area contributed by atoms with E-state index in [1.54, 1.807) is 24.1 Å². The standard InChI is InChI=1S/C17H20FN3O4S/c1-21(9-16(22)20-14-5-6-26(23,24)11-14)10-17-19-8-15(25-17)12-3-2-4-13(18)7-12/h2-4,7-8,14H,5-6,9-11H2,1H3,(H,20,22). The maximum absolute atomic E-state index is 13.3. The minimum Gasteiger partial charge on any atom is -0.439 e. The number of carbonyl (C=O) groups excluding carboxylic acids is 1. The van der Waals surface area contributed by atoms with Crippen LogP contribution in [-0.4, -0.2) is 55.3 Å². The second-order valence-corrected chi connectivity index (χ2v) is 8.70. The summed E-state index contributed by atoms with van der Waals surface area (Å²) in [6.07, 6.45) is 1.97. The summed E-state index contributed by atoms with van der Waals surface area (Å²) in [5.74, 6) is 0.373. The normalized spacial score (nSPS) is 19.0. The van der Waals surface area contributed by atoms with Gasteiger partial charge < -0.3 is 9.73 Å². The molecule has 1 atom stereocenters. The molecule has 1 aromatic carbocycles. The Morgan fingerprint density at radius 2 is 2.27 bits per heavy atom. The maximum Gasteiger partial charge on any atom is 0.234 e. The predicted octanol–water partition coefficient (Wildman–Crippen LogP) is 1.22. The van der Waals surface area contributed by atoms with Gasteiger partial charge in [-0.3, -0.25) is 9.69 Å². The molecule has 140 valence electrons. The SMILES string of the molecule is CN(CC(=O)NC1CCS(=O)(=O)C1)Cc1ncc(-c2cccc(F)c2)o1. The van der Waals surface area contributed by atoms with Crippen LogP contribution in [-0.2, 0) is 21.2 Å². The van der Waals surface area contributed by atoms with Crippen molar-refractivity contribution in [1.29, 1.82) is 0 Å². The third-order valence-electron chi connectivity index (χ3n) is 4.08. The molecule has 1 unspecified atom stereocenters. The summed E-state index contributed by atoms with van der Waals surface area (Å²) in [6.45, 7) is 0.389. The number of rotatable bonds is 6. The molecule has 1 amide bonds. The van der Waals surface area contributed by atoms with E-state index in [4.69, 9.17) is 4.42 Å². The highest BCUT2D eigenvalue weighted by atomic mass is 32.2. The molecule has 1 N–H and O–H groups in total. The van der Waals surface area contributed by atoms with E-state index in [-0.39, 0.29) is 35.8 Å². The summed E-state index contributed by atoms with van der Waals surface area (Å²) in [6, 6.07) is 5.70. The van der Waals surface area contributed by atoms with Gasteiger partial charge in [-0.15, -0.1) is 0 Å². The van der Waals surface area contributed by atoms with E-state index in [0.717, 1.165) is 0 Å². The van der Waals surface area contributed by atoms with Crippen molar-refractivity contribution in [3.63, 3.8) is 0 Å². The number of aromatic nitrogens is 1. The predicted molar refractivity (Wildman–Crippen MR) is 93.4 cm³/mol. The van der Waals surface area contributed by atoms with Crippen molar-refractivity contribution in [2.75, 3.05) is 25.1 Å². The van der Waals surface area contributed by atoms with Crippen LogP contribution >= 0.6 is 0 Å². The van der Waals surface area contributed by atoms with Gasteiger partial charge in [0.05, 0.1) is 30.8 Å². The number of nitrogens with one attached hydrogen (secondary N) is 1. The fraction of sp³-hybridized carbons (Fsp3) is 0.412. The number of carbonyl (C=O) groups is 1. The van der Waals surface area contributed by atoms with Crippen molar-refractivity contribution in [3.05, 3.63) is 42.2 Å². The van der Waals surface area contributed by atoms with Crippen molar-refractivity contribution in [1.82, 2.24) is 15.2 Å². The Bertz CT molecular complexity index is 897. The highest BCUT2D eigenvalue weighted by Gasteiger charge is 2.29. The van der Waals surface area contributed by atoms with Crippen molar-refractivity contribution in [3.8, 4) is 11.3 Å². The number of nitrogens with zero attached hydrogens (tertiary/aromatic N) is 2. The van der Waals surface area contributed by atoms with Crippen LogP contribution in [0.25, 0.3) is 11.3 Å². The molecule has 0 bridgehead atoms. The quantitative estimate of drug-likeness (QED) is 0.809. The summed E-state index contributed by atoms with van der Waals surface area (Å²) in [7, 11) is -1.29. The van der Waals surface area contributed by atoms with Gasteiger partial charge in [0.25, 0.3) is 0 Å². The maximum atomic E-state index is 13.3. The van der Waals surface area contributed by atoms with Crippen LogP contribution in [0, 0.1) is 5.82 Å². The molecule has 1 saturated heterocycles. The largest absolute Gasteiger partial charge is 0.439 e. The summed E-state index contributed by atoms with van der Waals surface area (Å²) in [5.41, 5.74) is 0.589. The van der Waals surface area contributed by atoms with Gasteiger partial charge in [0.1, 0.15) is 5.82 Å². The van der Waals surface area contributed by atoms with Crippen LogP contribution in [0.3, 0.4) is 0 Å². The molecule has 0 radical (unpaired) electrons. The number of likely N-dealkylation sites (N-methyl/N-ethyl adjacent to an activating group) is 1. The first-order valence-electron chi connectivity index (χ1n) is 8.20. The molecule has 0 aliphatic carbocycles. The molecule has 26 heavy (non-hydrogen) atoms. The van der Waals surface area contributed by atoms with Gasteiger partial charge in [-0.1, -0.05) is 12.1 Å². The highest BCUT2D eigenvalue weighted by Crippen LogP contribution is 2.21. The number of oxazole rings is 1. The van der Waals surface area contributed by atoms with E-state index in [9.17, 15) is 17.6 Å². The molecule has 9 heteroatoms. The van der Waals surface area contributed by atoms with Crippen molar-refractivity contribution in [2.45, 2.75) is 19.0 Å². The molecular formula is C17H20FN3O4S. The summed E-state index contributed by atoms with van der Waals surface area (Å²) >= 11 is 0. The van der Waals surface area contributed by atoms with E-state index in [1.165, 1.54) is 18.3 Å². The van der Waals surface area contributed by atoms with Crippen LogP contribution in [0.1, 0.15) is 12.3 Å². The number of hydrogen-bond donors (Lipinski definition) is 1. The van der Waals surface area contributed by atoms with Crippen LogP contribution in [0.4, 0.5) is 4.39 Å². The van der Waals surface area contributed by atoms with E-state index >= 15 is 0 Å². The molecule has 7 nitrogen and oxygen atoms in total. The number of halogens is 1. The molecule has 2 aromatic rings. The molecule has 0 saturated carbocycles. The lowest BCUT2D eigenvalue weighted by Gasteiger charge is -2.16. The number of benzene rings is 1. The third kappa shape index (κ3) is 4.89. The van der Waals surface area contributed by atoms with E-state index in [2.05, 4.69) is 10.3 Å². The lowest BCUT2D eigenvalue weighted by atomic mass is 10.2. The zero-order valence-corrected chi connectivity index (χ0v) is 15.1. The highest BCUT2D eigenvalue weighted by molar-refractivity contribution is 7.91. The molecule has 2 heterocycles. The van der Waals surface area contributed by atoms with Crippen molar-refractivity contribution in [2.24, 2.45) is 0 Å². The number of sulfone groups is 1. The molecule has 1 aliphatic rings. The summed E-state index contributed by atoms with van der Waals surface area (Å²) in [5, 5.41) is 2.74. The number of hydrogen-bond acceptors (Lipinski definition) is 6. The molecule has 0 spiro atoms. The lowest BCUT2D eigenvalue weighted by Crippen LogP contribution is -2.41. The molecule has 1 fully saturated rings. The van der Waals surface area contributed by atoms with Gasteiger partial charge in [-0.2, -0.15) is 0 Å². The Kier molecular flexibility index (Phi) is 5.38. The Hall–Kier alpha value is -2.26. The zero-order chi connectivity index (χ0) is 18.7. The summed E-state index contributed by atoms with van der Waals surface area (Å²) in [4.78, 5) is 17.9. The fourth-order valence-electron chi connectivity index (χ4n) is 2.87. The van der Waals surface area contributed by atoms with Crippen LogP contribution in [0.2, 0.25) is 0 Å². The molecular weight excluding hydrogens is 361 g/mol. The monoisotopic (exact) mass is 381 g/mol. The first kappa shape index (κ1) is 18.5. The van der Waals surface area contributed by atoms with Gasteiger partial charge in [0, 0.05) is 11.6 Å². The first-order chi connectivity index (χ1) is 12.3. The topological polar surface area (TPSA) is 92.5 Å². The van der Waals surface area contributed by atoms with Crippen LogP contribution in [0.15, 0.2) is 34.9 Å². The Morgan fingerprint density at radius 1 is 1.46 bits per heavy atom. The average Bonchev–Trinajstić information content (AvgIpc) is 3.13. The van der Waals surface area contributed by atoms with Gasteiger partial charge in [-0.05, 0) is 25.6 Å². The van der Waals surface area contributed by atoms with Crippen LogP contribution < -0.4 is 5.32 Å². The van der Waals surface area contributed by atoms with E-state index in [0.29, 0.717) is 30.2 Å². The second-order valence-electron chi connectivity index (χ2n) is 6.47. The number of amides is 1. The zero-order valence-electron chi connectivity index (χ0n) is 14.3. The minimum absolute atomic E-state index is 0.000805. The Labute approximate surface area is 151 Å².